The number of carbonyl (C=O) groups is 1. The van der Waals surface area contributed by atoms with E-state index in [1.165, 1.54) is 12.8 Å². The first kappa shape index (κ1) is 13.8. The maximum Gasteiger partial charge on any atom is 0.234 e. The van der Waals surface area contributed by atoms with Crippen molar-refractivity contribution in [3.8, 4) is 0 Å². The quantitative estimate of drug-likeness (QED) is 0.699. The molecule has 2 aliphatic heterocycles. The summed E-state index contributed by atoms with van der Waals surface area (Å²) in [5, 5.41) is 6.40. The van der Waals surface area contributed by atoms with Gasteiger partial charge in [0.15, 0.2) is 0 Å². The van der Waals surface area contributed by atoms with Gasteiger partial charge in [-0.2, -0.15) is 0 Å². The van der Waals surface area contributed by atoms with Gasteiger partial charge in [-0.25, -0.2) is 0 Å². The molecule has 2 fully saturated rings. The average Bonchev–Trinajstić information content (AvgIpc) is 2.98. The Morgan fingerprint density at radius 1 is 1.44 bits per heavy atom. The smallest absolute Gasteiger partial charge is 0.234 e. The number of nitrogens with one attached hydrogen (secondary N) is 2. The van der Waals surface area contributed by atoms with E-state index in [-0.39, 0.29) is 12.0 Å². The second-order valence-electron chi connectivity index (χ2n) is 5.43. The Kier molecular flexibility index (Phi) is 5.41. The van der Waals surface area contributed by atoms with Crippen LogP contribution in [0.5, 0.6) is 0 Å². The summed E-state index contributed by atoms with van der Waals surface area (Å²) < 4.78 is 5.48. The lowest BCUT2D eigenvalue weighted by Gasteiger charge is -2.21. The summed E-state index contributed by atoms with van der Waals surface area (Å²) in [7, 11) is 2.01. The Hall–Kier alpha value is -0.650. The van der Waals surface area contributed by atoms with E-state index >= 15 is 0 Å². The molecule has 5 nitrogen and oxygen atoms in total. The standard InChI is InChI=1S/C13H25N3O2/c1-16(9-11-4-2-6-14-11)10-13(17)15-8-12-5-3-7-18-12/h11-12,14H,2-10H2,1H3,(H,15,17). The van der Waals surface area contributed by atoms with Crippen LogP contribution in [-0.4, -0.2) is 62.8 Å². The molecule has 2 atom stereocenters. The zero-order valence-corrected chi connectivity index (χ0v) is 11.3. The number of nitrogens with zero attached hydrogens (tertiary/aromatic N) is 1. The fourth-order valence-corrected chi connectivity index (χ4v) is 2.69. The van der Waals surface area contributed by atoms with Gasteiger partial charge in [-0.1, -0.05) is 0 Å². The van der Waals surface area contributed by atoms with Crippen molar-refractivity contribution in [1.82, 2.24) is 15.5 Å². The van der Waals surface area contributed by atoms with Crippen LogP contribution in [0.15, 0.2) is 0 Å². The first-order chi connectivity index (χ1) is 8.74. The number of amides is 1. The van der Waals surface area contributed by atoms with E-state index in [1.807, 2.05) is 7.05 Å². The highest BCUT2D eigenvalue weighted by molar-refractivity contribution is 5.78. The van der Waals surface area contributed by atoms with Crippen LogP contribution >= 0.6 is 0 Å². The van der Waals surface area contributed by atoms with Gasteiger partial charge in [0.2, 0.25) is 5.91 Å². The summed E-state index contributed by atoms with van der Waals surface area (Å²) in [6.45, 7) is 4.05. The van der Waals surface area contributed by atoms with Crippen LogP contribution in [-0.2, 0) is 9.53 Å². The molecule has 2 aliphatic rings. The van der Waals surface area contributed by atoms with Crippen LogP contribution in [0, 0.1) is 0 Å². The largest absolute Gasteiger partial charge is 0.376 e. The molecule has 104 valence electrons. The molecule has 0 aromatic heterocycles. The maximum atomic E-state index is 11.8. The fraction of sp³-hybridized carbons (Fsp3) is 0.923. The molecular formula is C13H25N3O2. The molecule has 0 radical (unpaired) electrons. The van der Waals surface area contributed by atoms with Crippen LogP contribution < -0.4 is 10.6 Å². The van der Waals surface area contributed by atoms with Crippen molar-refractivity contribution in [1.29, 1.82) is 0 Å². The normalized spacial score (nSPS) is 27.9. The predicted molar refractivity (Wildman–Crippen MR) is 70.5 cm³/mol. The number of carbonyl (C=O) groups excluding carboxylic acids is 1. The highest BCUT2D eigenvalue weighted by atomic mass is 16.5. The van der Waals surface area contributed by atoms with Crippen LogP contribution in [0.2, 0.25) is 0 Å². The Morgan fingerprint density at radius 3 is 3.00 bits per heavy atom. The van der Waals surface area contributed by atoms with Crippen molar-refractivity contribution in [2.75, 3.05) is 39.8 Å². The summed E-state index contributed by atoms with van der Waals surface area (Å²) in [6.07, 6.45) is 4.90. The lowest BCUT2D eigenvalue weighted by molar-refractivity contribution is -0.122. The molecule has 5 heteroatoms. The Morgan fingerprint density at radius 2 is 2.33 bits per heavy atom. The average molecular weight is 255 g/mol. The minimum absolute atomic E-state index is 0.103. The van der Waals surface area contributed by atoms with Crippen molar-refractivity contribution in [3.05, 3.63) is 0 Å². The van der Waals surface area contributed by atoms with E-state index < -0.39 is 0 Å². The monoisotopic (exact) mass is 255 g/mol. The van der Waals surface area contributed by atoms with Gasteiger partial charge in [-0.3, -0.25) is 9.69 Å². The van der Waals surface area contributed by atoms with Crippen LogP contribution in [0.25, 0.3) is 0 Å². The summed E-state index contributed by atoms with van der Waals surface area (Å²) in [5.74, 6) is 0.103. The molecule has 0 bridgehead atoms. The van der Waals surface area contributed by atoms with Crippen LogP contribution in [0.4, 0.5) is 0 Å². The van der Waals surface area contributed by atoms with Gasteiger partial charge in [0.25, 0.3) is 0 Å². The molecule has 0 spiro atoms. The van der Waals surface area contributed by atoms with Crippen LogP contribution in [0.3, 0.4) is 0 Å². The first-order valence-corrected chi connectivity index (χ1v) is 7.04. The molecular weight excluding hydrogens is 230 g/mol. The number of hydrogen-bond acceptors (Lipinski definition) is 4. The molecule has 0 saturated carbocycles. The van der Waals surface area contributed by atoms with E-state index in [0.29, 0.717) is 19.1 Å². The van der Waals surface area contributed by atoms with Crippen molar-refractivity contribution >= 4 is 5.91 Å². The Bertz CT molecular complexity index is 261. The summed E-state index contributed by atoms with van der Waals surface area (Å²) in [6, 6.07) is 0.556. The molecule has 0 aromatic rings. The lowest BCUT2D eigenvalue weighted by atomic mass is 10.2. The van der Waals surface area contributed by atoms with Gasteiger partial charge in [-0.05, 0) is 39.3 Å². The van der Waals surface area contributed by atoms with Gasteiger partial charge >= 0.3 is 0 Å². The highest BCUT2D eigenvalue weighted by Crippen LogP contribution is 2.10. The van der Waals surface area contributed by atoms with Gasteiger partial charge in [0.1, 0.15) is 0 Å². The summed E-state index contributed by atoms with van der Waals surface area (Å²) >= 11 is 0. The molecule has 2 heterocycles. The number of rotatable bonds is 6. The zero-order chi connectivity index (χ0) is 12.8. The van der Waals surface area contributed by atoms with E-state index in [4.69, 9.17) is 4.74 Å². The third-order valence-electron chi connectivity index (χ3n) is 3.66. The second kappa shape index (κ2) is 7.07. The maximum absolute atomic E-state index is 11.8. The second-order valence-corrected chi connectivity index (χ2v) is 5.43. The van der Waals surface area contributed by atoms with Gasteiger partial charge < -0.3 is 15.4 Å². The van der Waals surface area contributed by atoms with Crippen molar-refractivity contribution in [2.45, 2.75) is 37.8 Å². The summed E-state index contributed by atoms with van der Waals surface area (Å²) in [5.41, 5.74) is 0. The Labute approximate surface area is 109 Å². The van der Waals surface area contributed by atoms with Gasteiger partial charge in [-0.15, -0.1) is 0 Å². The van der Waals surface area contributed by atoms with E-state index in [9.17, 15) is 4.79 Å². The van der Waals surface area contributed by atoms with Crippen LogP contribution in [0.1, 0.15) is 25.7 Å². The van der Waals surface area contributed by atoms with Crippen molar-refractivity contribution in [3.63, 3.8) is 0 Å². The van der Waals surface area contributed by atoms with Gasteiger partial charge in [0, 0.05) is 25.7 Å². The molecule has 1 amide bonds. The topological polar surface area (TPSA) is 53.6 Å². The van der Waals surface area contributed by atoms with Crippen molar-refractivity contribution < 1.29 is 9.53 Å². The molecule has 18 heavy (non-hydrogen) atoms. The number of ether oxygens (including phenoxy) is 1. The zero-order valence-electron chi connectivity index (χ0n) is 11.3. The molecule has 2 rings (SSSR count). The minimum Gasteiger partial charge on any atom is -0.376 e. The molecule has 0 aromatic carbocycles. The minimum atomic E-state index is 0.103. The third-order valence-corrected chi connectivity index (χ3v) is 3.66. The first-order valence-electron chi connectivity index (χ1n) is 7.04. The van der Waals surface area contributed by atoms with Crippen molar-refractivity contribution in [2.24, 2.45) is 0 Å². The molecule has 0 aliphatic carbocycles. The molecule has 2 saturated heterocycles. The molecule has 2 unspecified atom stereocenters. The van der Waals surface area contributed by atoms with E-state index in [1.54, 1.807) is 0 Å². The molecule has 2 N–H and O–H groups in total. The van der Waals surface area contributed by atoms with Gasteiger partial charge in [0.05, 0.1) is 12.6 Å². The predicted octanol–water partition coefficient (Wildman–Crippen LogP) is -0.0346. The van der Waals surface area contributed by atoms with E-state index in [2.05, 4.69) is 15.5 Å². The van der Waals surface area contributed by atoms with E-state index in [0.717, 1.165) is 32.5 Å². The lowest BCUT2D eigenvalue weighted by Crippen LogP contribution is -2.42. The Balaban J connectivity index is 1.57. The fourth-order valence-electron chi connectivity index (χ4n) is 2.69. The number of hydrogen-bond donors (Lipinski definition) is 2. The highest BCUT2D eigenvalue weighted by Gasteiger charge is 2.19. The SMILES string of the molecule is CN(CC(=O)NCC1CCCO1)CC1CCCN1. The number of likely N-dealkylation sites (N-methyl/N-ethyl adjacent to an activating group) is 1. The third kappa shape index (κ3) is 4.55. The summed E-state index contributed by atoms with van der Waals surface area (Å²) in [4.78, 5) is 13.8.